The normalized spacial score (nSPS) is 11.7. The van der Waals surface area contributed by atoms with Crippen molar-refractivity contribution in [1.82, 2.24) is 10.1 Å². The van der Waals surface area contributed by atoms with Crippen LogP contribution in [-0.2, 0) is 11.2 Å². The van der Waals surface area contributed by atoms with E-state index in [1.807, 2.05) is 66.7 Å². The van der Waals surface area contributed by atoms with Crippen molar-refractivity contribution in [2.75, 3.05) is 14.2 Å². The molecule has 0 saturated heterocycles. The van der Waals surface area contributed by atoms with E-state index in [0.717, 1.165) is 39.3 Å². The van der Waals surface area contributed by atoms with Gasteiger partial charge >= 0.3 is 5.97 Å². The number of hydrogen-bond acceptors (Lipinski definition) is 7. The van der Waals surface area contributed by atoms with E-state index >= 15 is 0 Å². The number of carboxylic acid groups (broad SMARTS) is 1. The second-order valence-electron chi connectivity index (χ2n) is 7.41. The first-order valence-corrected chi connectivity index (χ1v) is 10.2. The summed E-state index contributed by atoms with van der Waals surface area (Å²) in [6.45, 7) is 0. The number of rotatable bonds is 8. The van der Waals surface area contributed by atoms with E-state index in [1.54, 1.807) is 14.2 Å². The first-order valence-electron chi connectivity index (χ1n) is 10.2. The Morgan fingerprint density at radius 1 is 0.970 bits per heavy atom. The van der Waals surface area contributed by atoms with Crippen LogP contribution in [0.25, 0.3) is 34.0 Å². The van der Waals surface area contributed by atoms with Crippen LogP contribution in [0.4, 0.5) is 0 Å². The first kappa shape index (κ1) is 22.0. The highest BCUT2D eigenvalue weighted by molar-refractivity contribution is 5.76. The minimum Gasteiger partial charge on any atom is -0.497 e. The molecule has 0 spiro atoms. The zero-order valence-corrected chi connectivity index (χ0v) is 18.2. The molecule has 3 aromatic carbocycles. The van der Waals surface area contributed by atoms with E-state index in [2.05, 4.69) is 10.1 Å². The molecule has 1 aromatic heterocycles. The van der Waals surface area contributed by atoms with E-state index < -0.39 is 12.0 Å². The van der Waals surface area contributed by atoms with E-state index in [-0.39, 0.29) is 6.42 Å². The molecule has 0 radical (unpaired) electrons. The number of ether oxygens (including phenoxy) is 2. The second-order valence-corrected chi connectivity index (χ2v) is 7.41. The third kappa shape index (κ3) is 4.86. The van der Waals surface area contributed by atoms with Crippen molar-refractivity contribution in [1.29, 1.82) is 0 Å². The largest absolute Gasteiger partial charge is 0.497 e. The van der Waals surface area contributed by atoms with Crippen molar-refractivity contribution in [3.05, 3.63) is 72.3 Å². The summed E-state index contributed by atoms with van der Waals surface area (Å²) in [6, 6.07) is 19.7. The number of carboxylic acids is 1. The van der Waals surface area contributed by atoms with Crippen molar-refractivity contribution in [3.8, 4) is 45.5 Å². The van der Waals surface area contributed by atoms with Gasteiger partial charge in [0, 0.05) is 16.7 Å². The number of benzene rings is 3. The minimum atomic E-state index is -1.03. The molecule has 33 heavy (non-hydrogen) atoms. The van der Waals surface area contributed by atoms with Crippen molar-refractivity contribution in [2.24, 2.45) is 5.73 Å². The van der Waals surface area contributed by atoms with Crippen molar-refractivity contribution in [2.45, 2.75) is 12.5 Å². The molecular weight excluding hydrogens is 422 g/mol. The molecule has 4 aromatic rings. The van der Waals surface area contributed by atoms with Gasteiger partial charge in [-0.25, -0.2) is 0 Å². The van der Waals surface area contributed by atoms with Crippen molar-refractivity contribution < 1.29 is 23.9 Å². The molecular formula is C25H23N3O5. The molecule has 0 aliphatic rings. The molecule has 0 amide bonds. The van der Waals surface area contributed by atoms with Gasteiger partial charge in [-0.1, -0.05) is 41.6 Å². The van der Waals surface area contributed by atoms with Crippen LogP contribution in [0.5, 0.6) is 11.5 Å². The zero-order valence-electron chi connectivity index (χ0n) is 18.2. The quantitative estimate of drug-likeness (QED) is 0.417. The van der Waals surface area contributed by atoms with Crippen LogP contribution >= 0.6 is 0 Å². The molecule has 1 atom stereocenters. The van der Waals surface area contributed by atoms with Gasteiger partial charge in [0.15, 0.2) is 0 Å². The summed E-state index contributed by atoms with van der Waals surface area (Å²) in [5, 5.41) is 13.1. The van der Waals surface area contributed by atoms with E-state index in [9.17, 15) is 4.79 Å². The Bertz CT molecular complexity index is 1250. The lowest BCUT2D eigenvalue weighted by molar-refractivity contribution is -0.138. The Hall–Kier alpha value is -4.17. The predicted octanol–water partition coefficient (Wildman–Crippen LogP) is 4.04. The first-order chi connectivity index (χ1) is 16.0. The molecule has 4 rings (SSSR count). The second kappa shape index (κ2) is 9.54. The zero-order chi connectivity index (χ0) is 23.4. The molecule has 168 valence electrons. The maximum atomic E-state index is 10.9. The molecule has 0 bridgehead atoms. The van der Waals surface area contributed by atoms with Gasteiger partial charge in [-0.05, 0) is 47.9 Å². The highest BCUT2D eigenvalue weighted by Crippen LogP contribution is 2.35. The van der Waals surface area contributed by atoms with E-state index in [1.165, 1.54) is 0 Å². The number of carbonyl (C=O) groups is 1. The van der Waals surface area contributed by atoms with Gasteiger partial charge in [0.05, 0.1) is 14.2 Å². The van der Waals surface area contributed by atoms with Crippen LogP contribution in [0, 0.1) is 0 Å². The van der Waals surface area contributed by atoms with Gasteiger partial charge < -0.3 is 24.8 Å². The standard InChI is InChI=1S/C25H23N3O5/c1-31-19-10-7-16(8-11-19)20-14-18(9-12-22(20)32-2)24-27-23(28-33-24)17-5-3-15(4-6-17)13-21(26)25(29)30/h3-12,14,21H,13,26H2,1-2H3,(H,29,30)/t21-/m0/s1. The van der Waals surface area contributed by atoms with E-state index in [0.29, 0.717) is 11.7 Å². The summed E-state index contributed by atoms with van der Waals surface area (Å²) in [7, 11) is 3.25. The molecule has 0 saturated carbocycles. The highest BCUT2D eigenvalue weighted by Gasteiger charge is 2.15. The molecule has 8 heteroatoms. The van der Waals surface area contributed by atoms with Gasteiger partial charge in [0.2, 0.25) is 5.82 Å². The summed E-state index contributed by atoms with van der Waals surface area (Å²) in [6.07, 6.45) is 0.243. The van der Waals surface area contributed by atoms with Gasteiger partial charge in [-0.15, -0.1) is 0 Å². The highest BCUT2D eigenvalue weighted by atomic mass is 16.5. The van der Waals surface area contributed by atoms with Crippen LogP contribution < -0.4 is 15.2 Å². The van der Waals surface area contributed by atoms with Crippen molar-refractivity contribution in [3.63, 3.8) is 0 Å². The lowest BCUT2D eigenvalue weighted by Gasteiger charge is -2.10. The van der Waals surface area contributed by atoms with Crippen LogP contribution in [0.15, 0.2) is 71.3 Å². The van der Waals surface area contributed by atoms with Crippen molar-refractivity contribution >= 4 is 5.97 Å². The molecule has 0 fully saturated rings. The van der Waals surface area contributed by atoms with Crippen LogP contribution in [0.3, 0.4) is 0 Å². The number of methoxy groups -OCH3 is 2. The van der Waals surface area contributed by atoms with Crippen LogP contribution in [0.1, 0.15) is 5.56 Å². The van der Waals surface area contributed by atoms with Crippen LogP contribution in [-0.4, -0.2) is 41.5 Å². The lowest BCUT2D eigenvalue weighted by atomic mass is 10.0. The third-order valence-electron chi connectivity index (χ3n) is 5.26. The predicted molar refractivity (Wildman–Crippen MR) is 123 cm³/mol. The number of nitrogens with zero attached hydrogens (tertiary/aromatic N) is 2. The number of aliphatic carboxylic acids is 1. The maximum Gasteiger partial charge on any atom is 0.320 e. The molecule has 8 nitrogen and oxygen atoms in total. The molecule has 0 unspecified atom stereocenters. The maximum absolute atomic E-state index is 10.9. The Balaban J connectivity index is 1.60. The fourth-order valence-electron chi connectivity index (χ4n) is 3.43. The number of aromatic nitrogens is 2. The lowest BCUT2D eigenvalue weighted by Crippen LogP contribution is -2.32. The summed E-state index contributed by atoms with van der Waals surface area (Å²) in [5.41, 5.74) is 9.77. The number of hydrogen-bond donors (Lipinski definition) is 2. The Kier molecular flexibility index (Phi) is 6.37. The average molecular weight is 445 g/mol. The smallest absolute Gasteiger partial charge is 0.320 e. The summed E-state index contributed by atoms with van der Waals surface area (Å²) in [4.78, 5) is 15.5. The fourth-order valence-corrected chi connectivity index (χ4v) is 3.43. The third-order valence-corrected chi connectivity index (χ3v) is 5.26. The van der Waals surface area contributed by atoms with Gasteiger partial charge in [-0.2, -0.15) is 4.98 Å². The molecule has 3 N–H and O–H groups in total. The Labute approximate surface area is 190 Å². The topological polar surface area (TPSA) is 121 Å². The Morgan fingerprint density at radius 3 is 2.27 bits per heavy atom. The number of nitrogens with two attached hydrogens (primary N) is 1. The average Bonchev–Trinajstić information content (AvgIpc) is 3.34. The molecule has 0 aliphatic carbocycles. The summed E-state index contributed by atoms with van der Waals surface area (Å²) in [5.74, 6) is 1.26. The summed E-state index contributed by atoms with van der Waals surface area (Å²) < 4.78 is 16.3. The van der Waals surface area contributed by atoms with Crippen LogP contribution in [0.2, 0.25) is 0 Å². The monoisotopic (exact) mass is 445 g/mol. The Morgan fingerprint density at radius 2 is 1.64 bits per heavy atom. The van der Waals surface area contributed by atoms with Gasteiger partial charge in [0.1, 0.15) is 17.5 Å². The summed E-state index contributed by atoms with van der Waals surface area (Å²) >= 11 is 0. The molecule has 0 aliphatic heterocycles. The minimum absolute atomic E-state index is 0.243. The van der Waals surface area contributed by atoms with E-state index in [4.69, 9.17) is 24.8 Å². The van der Waals surface area contributed by atoms with Gasteiger partial charge in [0.25, 0.3) is 5.89 Å². The van der Waals surface area contributed by atoms with Gasteiger partial charge in [-0.3, -0.25) is 4.79 Å². The molecule has 1 heterocycles. The fraction of sp³-hybridized carbons (Fsp3) is 0.160. The SMILES string of the molecule is COc1ccc(-c2cc(-c3nc(-c4ccc(C[C@H](N)C(=O)O)cc4)no3)ccc2OC)cc1.